The van der Waals surface area contributed by atoms with Crippen LogP contribution in [-0.4, -0.2) is 88.6 Å². The van der Waals surface area contributed by atoms with Gasteiger partial charge >= 0.3 is 0 Å². The summed E-state index contributed by atoms with van der Waals surface area (Å²) >= 11 is 0. The monoisotopic (exact) mass is 566 g/mol. The highest BCUT2D eigenvalue weighted by atomic mass is 16.7. The Morgan fingerprint density at radius 2 is 1.85 bits per heavy atom. The van der Waals surface area contributed by atoms with Gasteiger partial charge in [-0.05, 0) is 74.3 Å². The van der Waals surface area contributed by atoms with Crippen LogP contribution < -0.4 is 9.22 Å². The summed E-state index contributed by atoms with van der Waals surface area (Å²) in [5, 5.41) is 0. The van der Waals surface area contributed by atoms with Crippen molar-refractivity contribution in [3.05, 3.63) is 59.2 Å². The number of rotatable bonds is 14. The maximum absolute atomic E-state index is 13.9. The van der Waals surface area contributed by atoms with Crippen LogP contribution in [0.5, 0.6) is 5.75 Å². The van der Waals surface area contributed by atoms with E-state index in [1.165, 1.54) is 16.8 Å². The highest BCUT2D eigenvalue weighted by Gasteiger charge is 2.35. The summed E-state index contributed by atoms with van der Waals surface area (Å²) in [6.07, 6.45) is 4.79. The van der Waals surface area contributed by atoms with E-state index in [1.807, 2.05) is 6.92 Å². The number of ether oxygens (including phenoxy) is 3. The summed E-state index contributed by atoms with van der Waals surface area (Å²) in [7, 11) is 6.53. The summed E-state index contributed by atoms with van der Waals surface area (Å²) in [5.41, 5.74) is 4.89. The number of hydrogen-bond donors (Lipinski definition) is 0. The quantitative estimate of drug-likeness (QED) is 0.274. The molecule has 2 saturated heterocycles. The predicted octanol–water partition coefficient (Wildman–Crippen LogP) is 5.73. The average molecular weight is 567 g/mol. The minimum atomic E-state index is -0.120. The molecule has 2 aromatic carbocycles. The first-order valence-corrected chi connectivity index (χ1v) is 15.6. The minimum absolute atomic E-state index is 0.120. The summed E-state index contributed by atoms with van der Waals surface area (Å²) in [5.74, 6) is 1.54. The first kappa shape index (κ1) is 31.5. The minimum Gasteiger partial charge on any atom is -0.494 e. The van der Waals surface area contributed by atoms with Crippen molar-refractivity contribution in [3.8, 4) is 5.75 Å². The zero-order valence-corrected chi connectivity index (χ0v) is 26.2. The van der Waals surface area contributed by atoms with Crippen LogP contribution in [0.1, 0.15) is 68.6 Å². The molecular weight excluding hydrogens is 514 g/mol. The van der Waals surface area contributed by atoms with E-state index in [0.717, 1.165) is 61.0 Å². The Balaban J connectivity index is 1.50. The molecule has 0 bridgehead atoms. The maximum atomic E-state index is 13.9. The SMILES string of the molecule is CCCCN(Cc1cccc([N+](C)(C)C)c1)C(=O)CN1CC(c2ccc(C)c(OCC)c2)CC1CCC1OCCO1. The van der Waals surface area contributed by atoms with E-state index >= 15 is 0 Å². The number of benzene rings is 2. The Morgan fingerprint density at radius 3 is 2.56 bits per heavy atom. The van der Waals surface area contributed by atoms with Gasteiger partial charge in [0.15, 0.2) is 6.29 Å². The third-order valence-electron chi connectivity index (χ3n) is 8.47. The van der Waals surface area contributed by atoms with Crippen molar-refractivity contribution >= 4 is 11.6 Å². The van der Waals surface area contributed by atoms with Crippen molar-refractivity contribution in [2.45, 2.75) is 77.7 Å². The summed E-state index contributed by atoms with van der Waals surface area (Å²) in [6.45, 7) is 11.1. The van der Waals surface area contributed by atoms with Crippen molar-refractivity contribution in [2.24, 2.45) is 0 Å². The van der Waals surface area contributed by atoms with Gasteiger partial charge in [0.2, 0.25) is 5.91 Å². The number of unbranched alkanes of at least 4 members (excludes halogenated alkanes) is 1. The number of aryl methyl sites for hydroxylation is 1. The third kappa shape index (κ3) is 8.77. The second-order valence-electron chi connectivity index (χ2n) is 12.6. The third-order valence-corrected chi connectivity index (χ3v) is 8.47. The molecule has 0 spiro atoms. The molecule has 0 aliphatic carbocycles. The molecule has 7 heteroatoms. The highest BCUT2D eigenvalue weighted by Crippen LogP contribution is 2.36. The molecule has 0 radical (unpaired) electrons. The Kier molecular flexibility index (Phi) is 11.2. The van der Waals surface area contributed by atoms with Crippen LogP contribution in [0.25, 0.3) is 0 Å². The molecule has 0 N–H and O–H groups in total. The first-order chi connectivity index (χ1) is 19.7. The standard InChI is InChI=1S/C34H52N3O4/c1-7-9-17-35(23-27-11-10-12-31(20-27)37(4,5)6)33(38)25-36-24-29(21-30(36)15-16-34-40-18-19-41-34)28-14-13-26(3)32(22-28)39-8-2/h10-14,20,22,29-30,34H,7-9,15-19,21,23-25H2,1-6H3/q+1. The van der Waals surface area contributed by atoms with Crippen LogP contribution in [0, 0.1) is 6.92 Å². The van der Waals surface area contributed by atoms with E-state index in [2.05, 4.69) is 87.3 Å². The Morgan fingerprint density at radius 1 is 1.07 bits per heavy atom. The number of carbonyl (C=O) groups is 1. The Labute approximate surface area is 247 Å². The zero-order valence-electron chi connectivity index (χ0n) is 26.2. The topological polar surface area (TPSA) is 51.2 Å². The number of amides is 1. The van der Waals surface area contributed by atoms with Crippen molar-refractivity contribution in [2.75, 3.05) is 60.6 Å². The molecule has 2 atom stereocenters. The summed E-state index contributed by atoms with van der Waals surface area (Å²) < 4.78 is 18.2. The molecule has 2 fully saturated rings. The lowest BCUT2D eigenvalue weighted by molar-refractivity contribution is -0.133. The van der Waals surface area contributed by atoms with Crippen molar-refractivity contribution in [1.29, 1.82) is 0 Å². The van der Waals surface area contributed by atoms with Gasteiger partial charge in [0.05, 0.1) is 47.5 Å². The molecule has 226 valence electrons. The van der Waals surface area contributed by atoms with Crippen LogP contribution in [-0.2, 0) is 20.8 Å². The van der Waals surface area contributed by atoms with Crippen LogP contribution in [0.3, 0.4) is 0 Å². The highest BCUT2D eigenvalue weighted by molar-refractivity contribution is 5.78. The van der Waals surface area contributed by atoms with E-state index in [0.29, 0.717) is 44.9 Å². The van der Waals surface area contributed by atoms with Crippen LogP contribution in [0.15, 0.2) is 42.5 Å². The van der Waals surface area contributed by atoms with Crippen molar-refractivity contribution in [1.82, 2.24) is 14.3 Å². The second-order valence-corrected chi connectivity index (χ2v) is 12.6. The maximum Gasteiger partial charge on any atom is 0.237 e. The lowest BCUT2D eigenvalue weighted by atomic mass is 9.94. The van der Waals surface area contributed by atoms with Crippen LogP contribution in [0.2, 0.25) is 0 Å². The average Bonchev–Trinajstić information content (AvgIpc) is 3.61. The molecule has 1 amide bonds. The Bertz CT molecular complexity index is 1130. The van der Waals surface area contributed by atoms with Gasteiger partial charge in [0.25, 0.3) is 0 Å². The van der Waals surface area contributed by atoms with E-state index < -0.39 is 0 Å². The summed E-state index contributed by atoms with van der Waals surface area (Å²) in [6, 6.07) is 15.6. The number of quaternary nitrogens is 1. The molecule has 41 heavy (non-hydrogen) atoms. The number of likely N-dealkylation sites (tertiary alicyclic amines) is 1. The molecule has 2 aromatic rings. The molecular formula is C34H52N3O4+. The molecule has 7 nitrogen and oxygen atoms in total. The number of nitrogens with zero attached hydrogens (tertiary/aromatic N) is 3. The van der Waals surface area contributed by atoms with E-state index in [1.54, 1.807) is 0 Å². The smallest absolute Gasteiger partial charge is 0.237 e. The molecule has 2 aliphatic rings. The van der Waals surface area contributed by atoms with Crippen molar-refractivity contribution < 1.29 is 19.0 Å². The lowest BCUT2D eigenvalue weighted by Crippen LogP contribution is -2.42. The normalized spacial score (nSPS) is 20.0. The van der Waals surface area contributed by atoms with Gasteiger partial charge in [-0.3, -0.25) is 14.2 Å². The zero-order chi connectivity index (χ0) is 29.4. The first-order valence-electron chi connectivity index (χ1n) is 15.6. The second kappa shape index (κ2) is 14.6. The fourth-order valence-corrected chi connectivity index (χ4v) is 6.01. The number of hydrogen-bond acceptors (Lipinski definition) is 5. The van der Waals surface area contributed by atoms with Gasteiger partial charge in [-0.1, -0.05) is 37.6 Å². The lowest BCUT2D eigenvalue weighted by Gasteiger charge is -2.29. The molecule has 0 saturated carbocycles. The van der Waals surface area contributed by atoms with Gasteiger partial charge in [-0.2, -0.15) is 0 Å². The molecule has 0 aromatic heterocycles. The van der Waals surface area contributed by atoms with Crippen molar-refractivity contribution in [3.63, 3.8) is 0 Å². The fourth-order valence-electron chi connectivity index (χ4n) is 6.01. The molecule has 2 heterocycles. The van der Waals surface area contributed by atoms with E-state index in [-0.39, 0.29) is 12.2 Å². The van der Waals surface area contributed by atoms with Gasteiger partial charge in [0.1, 0.15) is 11.4 Å². The largest absolute Gasteiger partial charge is 0.494 e. The van der Waals surface area contributed by atoms with Gasteiger partial charge in [-0.25, -0.2) is 0 Å². The van der Waals surface area contributed by atoms with E-state index in [4.69, 9.17) is 14.2 Å². The van der Waals surface area contributed by atoms with Crippen LogP contribution in [0.4, 0.5) is 5.69 Å². The van der Waals surface area contributed by atoms with Gasteiger partial charge in [0, 0.05) is 31.7 Å². The molecule has 2 aliphatic heterocycles. The molecule has 2 unspecified atom stereocenters. The van der Waals surface area contributed by atoms with E-state index in [9.17, 15) is 4.79 Å². The summed E-state index contributed by atoms with van der Waals surface area (Å²) in [4.78, 5) is 18.4. The molecule has 4 rings (SSSR count). The van der Waals surface area contributed by atoms with Gasteiger partial charge < -0.3 is 19.1 Å². The van der Waals surface area contributed by atoms with Gasteiger partial charge in [-0.15, -0.1) is 0 Å². The predicted molar refractivity (Wildman–Crippen MR) is 166 cm³/mol. The van der Waals surface area contributed by atoms with Crippen LogP contribution >= 0.6 is 0 Å². The Hall–Kier alpha value is -2.45. The number of carbonyl (C=O) groups excluding carboxylic acids is 1. The fraction of sp³-hybridized carbons (Fsp3) is 0.618.